The minimum atomic E-state index is -1.25. The molecule has 0 aliphatic carbocycles. The topological polar surface area (TPSA) is 80.7 Å². The van der Waals surface area contributed by atoms with Gasteiger partial charge in [0.15, 0.2) is 0 Å². The van der Waals surface area contributed by atoms with Crippen molar-refractivity contribution in [3.8, 4) is 0 Å². The summed E-state index contributed by atoms with van der Waals surface area (Å²) in [5.74, 6) is -2.78. The average molecular weight is 298 g/mol. The third kappa shape index (κ3) is 14.6. The van der Waals surface area contributed by atoms with Crippen molar-refractivity contribution in [1.82, 2.24) is 0 Å². The summed E-state index contributed by atoms with van der Waals surface area (Å²) in [6.07, 6.45) is 11.9. The number of carbonyl (C=O) groups is 3. The number of hydrogen-bond acceptors (Lipinski definition) is 4. The van der Waals surface area contributed by atoms with E-state index in [9.17, 15) is 14.4 Å². The van der Waals surface area contributed by atoms with Crippen molar-refractivity contribution in [2.75, 3.05) is 0 Å². The SMILES string of the molecule is CCCCCCCCCCCC(=O)OC(=O)/C=C\C(=O)O. The molecule has 0 aromatic heterocycles. The van der Waals surface area contributed by atoms with E-state index in [0.717, 1.165) is 18.9 Å². The summed E-state index contributed by atoms with van der Waals surface area (Å²) < 4.78 is 4.44. The number of aliphatic carboxylic acids is 1. The predicted octanol–water partition coefficient (Wildman–Crippen LogP) is 3.62. The molecule has 120 valence electrons. The molecule has 0 bridgehead atoms. The second kappa shape index (κ2) is 13.3. The third-order valence-electron chi connectivity index (χ3n) is 3.06. The molecule has 0 unspecified atom stereocenters. The van der Waals surface area contributed by atoms with Crippen LogP contribution in [0.1, 0.15) is 71.1 Å². The Morgan fingerprint density at radius 2 is 1.38 bits per heavy atom. The highest BCUT2D eigenvalue weighted by Crippen LogP contribution is 2.10. The number of esters is 2. The van der Waals surface area contributed by atoms with Crippen molar-refractivity contribution in [2.45, 2.75) is 71.1 Å². The molecule has 5 nitrogen and oxygen atoms in total. The molecule has 5 heteroatoms. The molecular formula is C16H26O5. The fraction of sp³-hybridized carbons (Fsp3) is 0.688. The maximum absolute atomic E-state index is 11.3. The molecule has 0 rings (SSSR count). The van der Waals surface area contributed by atoms with Gasteiger partial charge in [0.1, 0.15) is 0 Å². The molecular weight excluding hydrogens is 272 g/mol. The van der Waals surface area contributed by atoms with Crippen LogP contribution in [0.2, 0.25) is 0 Å². The Kier molecular flexibility index (Phi) is 12.3. The monoisotopic (exact) mass is 298 g/mol. The van der Waals surface area contributed by atoms with Gasteiger partial charge in [-0.15, -0.1) is 0 Å². The number of carboxylic acids is 1. The molecule has 21 heavy (non-hydrogen) atoms. The highest BCUT2D eigenvalue weighted by atomic mass is 16.6. The van der Waals surface area contributed by atoms with Crippen LogP contribution in [0.4, 0.5) is 0 Å². The van der Waals surface area contributed by atoms with Gasteiger partial charge in [-0.25, -0.2) is 9.59 Å². The molecule has 0 amide bonds. The molecule has 0 fully saturated rings. The molecule has 1 N–H and O–H groups in total. The Bertz CT molecular complexity index is 347. The summed E-state index contributed by atoms with van der Waals surface area (Å²) in [5.41, 5.74) is 0. The summed E-state index contributed by atoms with van der Waals surface area (Å²) in [7, 11) is 0. The molecule has 0 aliphatic rings. The Morgan fingerprint density at radius 1 is 0.857 bits per heavy atom. The van der Waals surface area contributed by atoms with E-state index < -0.39 is 17.9 Å². The fourth-order valence-corrected chi connectivity index (χ4v) is 1.92. The zero-order valence-corrected chi connectivity index (χ0v) is 12.8. The predicted molar refractivity (Wildman–Crippen MR) is 79.7 cm³/mol. The van der Waals surface area contributed by atoms with Crippen molar-refractivity contribution in [1.29, 1.82) is 0 Å². The molecule has 0 saturated carbocycles. The normalized spacial score (nSPS) is 10.7. The molecule has 0 spiro atoms. The first-order chi connectivity index (χ1) is 10.1. The van der Waals surface area contributed by atoms with E-state index in [1.807, 2.05) is 0 Å². The van der Waals surface area contributed by atoms with Crippen molar-refractivity contribution < 1.29 is 24.2 Å². The van der Waals surface area contributed by atoms with Crippen LogP contribution >= 0.6 is 0 Å². The lowest BCUT2D eigenvalue weighted by Crippen LogP contribution is -2.10. The smallest absolute Gasteiger partial charge is 0.338 e. The van der Waals surface area contributed by atoms with Gasteiger partial charge in [-0.3, -0.25) is 4.79 Å². The van der Waals surface area contributed by atoms with Crippen LogP contribution in [0.3, 0.4) is 0 Å². The lowest BCUT2D eigenvalue weighted by molar-refractivity contribution is -0.156. The van der Waals surface area contributed by atoms with E-state index in [0.29, 0.717) is 12.5 Å². The lowest BCUT2D eigenvalue weighted by Gasteiger charge is -2.02. The summed E-state index contributed by atoms with van der Waals surface area (Å²) in [6, 6.07) is 0. The van der Waals surface area contributed by atoms with Crippen molar-refractivity contribution in [3.63, 3.8) is 0 Å². The Balaban J connectivity index is 3.45. The summed E-state index contributed by atoms with van der Waals surface area (Å²) >= 11 is 0. The van der Waals surface area contributed by atoms with Crippen LogP contribution < -0.4 is 0 Å². The Hall–Kier alpha value is -1.65. The highest BCUT2D eigenvalue weighted by Gasteiger charge is 2.07. The summed E-state index contributed by atoms with van der Waals surface area (Å²) in [4.78, 5) is 32.5. The number of rotatable bonds is 12. The average Bonchev–Trinajstić information content (AvgIpc) is 2.43. The highest BCUT2D eigenvalue weighted by molar-refractivity contribution is 5.95. The number of unbranched alkanes of at least 4 members (excludes halogenated alkanes) is 8. The van der Waals surface area contributed by atoms with Crippen molar-refractivity contribution >= 4 is 17.9 Å². The zero-order valence-electron chi connectivity index (χ0n) is 12.8. The van der Waals surface area contributed by atoms with Gasteiger partial charge in [0.25, 0.3) is 0 Å². The van der Waals surface area contributed by atoms with Gasteiger partial charge >= 0.3 is 17.9 Å². The van der Waals surface area contributed by atoms with Crippen LogP contribution in [0.15, 0.2) is 12.2 Å². The number of carboxylic acid groups (broad SMARTS) is 1. The van der Waals surface area contributed by atoms with Gasteiger partial charge in [-0.05, 0) is 6.42 Å². The van der Waals surface area contributed by atoms with Crippen LogP contribution in [0.5, 0.6) is 0 Å². The first kappa shape index (κ1) is 19.4. The first-order valence-electron chi connectivity index (χ1n) is 7.72. The lowest BCUT2D eigenvalue weighted by atomic mass is 10.1. The second-order valence-electron chi connectivity index (χ2n) is 5.04. The molecule has 0 heterocycles. The standard InChI is InChI=1S/C16H26O5/c1-2-3-4-5-6-7-8-9-10-11-15(19)21-16(20)13-12-14(17)18/h12-13H,2-11H2,1H3,(H,17,18)/b13-12-. The Labute approximate surface area is 126 Å². The van der Waals surface area contributed by atoms with E-state index in [1.165, 1.54) is 38.5 Å². The number of carbonyl (C=O) groups excluding carboxylic acids is 2. The van der Waals surface area contributed by atoms with Gasteiger partial charge in [-0.2, -0.15) is 0 Å². The third-order valence-corrected chi connectivity index (χ3v) is 3.06. The number of ether oxygens (including phenoxy) is 1. The van der Waals surface area contributed by atoms with Crippen molar-refractivity contribution in [3.05, 3.63) is 12.2 Å². The minimum Gasteiger partial charge on any atom is -0.478 e. The van der Waals surface area contributed by atoms with E-state index >= 15 is 0 Å². The quantitative estimate of drug-likeness (QED) is 0.257. The van der Waals surface area contributed by atoms with Crippen LogP contribution in [0, 0.1) is 0 Å². The van der Waals surface area contributed by atoms with Crippen molar-refractivity contribution in [2.24, 2.45) is 0 Å². The molecule has 0 saturated heterocycles. The van der Waals surface area contributed by atoms with E-state index in [-0.39, 0.29) is 6.42 Å². The van der Waals surface area contributed by atoms with Gasteiger partial charge in [0.05, 0.1) is 0 Å². The van der Waals surface area contributed by atoms with Gasteiger partial charge < -0.3 is 9.84 Å². The number of hydrogen-bond donors (Lipinski definition) is 1. The van der Waals surface area contributed by atoms with Gasteiger partial charge in [0.2, 0.25) is 0 Å². The molecule has 0 aliphatic heterocycles. The second-order valence-corrected chi connectivity index (χ2v) is 5.04. The largest absolute Gasteiger partial charge is 0.478 e. The van der Waals surface area contributed by atoms with Crippen LogP contribution in [-0.4, -0.2) is 23.0 Å². The summed E-state index contributed by atoms with van der Waals surface area (Å²) in [6.45, 7) is 2.20. The maximum atomic E-state index is 11.3. The Morgan fingerprint density at radius 3 is 1.90 bits per heavy atom. The van der Waals surface area contributed by atoms with E-state index in [1.54, 1.807) is 0 Å². The first-order valence-corrected chi connectivity index (χ1v) is 7.72. The molecule has 0 radical (unpaired) electrons. The van der Waals surface area contributed by atoms with Crippen LogP contribution in [-0.2, 0) is 19.1 Å². The van der Waals surface area contributed by atoms with Crippen LogP contribution in [0.25, 0.3) is 0 Å². The van der Waals surface area contributed by atoms with Gasteiger partial charge in [0, 0.05) is 18.6 Å². The molecule has 0 aromatic carbocycles. The summed E-state index contributed by atoms with van der Waals surface area (Å²) in [5, 5.41) is 8.31. The fourth-order valence-electron chi connectivity index (χ4n) is 1.92. The maximum Gasteiger partial charge on any atom is 0.338 e. The van der Waals surface area contributed by atoms with E-state index in [4.69, 9.17) is 5.11 Å². The van der Waals surface area contributed by atoms with E-state index in [2.05, 4.69) is 11.7 Å². The molecule has 0 atom stereocenters. The minimum absolute atomic E-state index is 0.197. The zero-order chi connectivity index (χ0) is 15.9. The van der Waals surface area contributed by atoms with Gasteiger partial charge in [-0.1, -0.05) is 58.3 Å². The molecule has 0 aromatic rings.